The summed E-state index contributed by atoms with van der Waals surface area (Å²) in [6.45, 7) is 4.50. The molecule has 2 saturated heterocycles. The van der Waals surface area contributed by atoms with Crippen LogP contribution >= 0.6 is 11.6 Å². The van der Waals surface area contributed by atoms with Crippen molar-refractivity contribution in [3.63, 3.8) is 0 Å². The molecular weight excluding hydrogens is 448 g/mol. The van der Waals surface area contributed by atoms with Gasteiger partial charge in [0.25, 0.3) is 5.91 Å². The Balaban J connectivity index is 1.64. The third-order valence-corrected chi connectivity index (χ3v) is 7.37. The number of hydrogen-bond donors (Lipinski definition) is 1. The summed E-state index contributed by atoms with van der Waals surface area (Å²) in [5, 5.41) is 2.65. The highest BCUT2D eigenvalue weighted by atomic mass is 35.5. The average Bonchev–Trinajstić information content (AvgIpc) is 3.23. The second-order valence-electron chi connectivity index (χ2n) is 7.74. The van der Waals surface area contributed by atoms with Crippen molar-refractivity contribution < 1.29 is 32.2 Å². The monoisotopic (exact) mass is 474 g/mol. The molecule has 0 bridgehead atoms. The molecule has 0 aromatic heterocycles. The van der Waals surface area contributed by atoms with Crippen LogP contribution in [0.1, 0.15) is 37.0 Å². The first-order valence-corrected chi connectivity index (χ1v) is 12.0. The molecule has 11 heteroatoms. The van der Waals surface area contributed by atoms with Crippen LogP contribution in [-0.4, -0.2) is 75.8 Å². The van der Waals surface area contributed by atoms with Gasteiger partial charge in [0.15, 0.2) is 6.61 Å². The smallest absolute Gasteiger partial charge is 0.338 e. The minimum absolute atomic E-state index is 0.00217. The number of hydrogen-bond acceptors (Lipinski definition) is 7. The Hall–Kier alpha value is -1.72. The van der Waals surface area contributed by atoms with Crippen molar-refractivity contribution in [2.75, 3.05) is 32.8 Å². The van der Waals surface area contributed by atoms with E-state index in [4.69, 9.17) is 25.8 Å². The SMILES string of the molecule is CC1CN(S(=O)(=O)c2cc(C(=O)OCC(=O)NCC3CCCO3)ccc2Cl)CC(C)O1. The number of benzene rings is 1. The van der Waals surface area contributed by atoms with E-state index >= 15 is 0 Å². The highest BCUT2D eigenvalue weighted by molar-refractivity contribution is 7.89. The number of morpholine rings is 1. The number of carbonyl (C=O) groups excluding carboxylic acids is 2. The molecule has 0 spiro atoms. The van der Waals surface area contributed by atoms with Gasteiger partial charge in [-0.1, -0.05) is 11.6 Å². The normalized spacial score (nSPS) is 24.7. The summed E-state index contributed by atoms with van der Waals surface area (Å²) in [5.74, 6) is -1.27. The zero-order valence-corrected chi connectivity index (χ0v) is 19.1. The predicted octanol–water partition coefficient (Wildman–Crippen LogP) is 1.59. The topological polar surface area (TPSA) is 111 Å². The zero-order valence-electron chi connectivity index (χ0n) is 17.5. The number of ether oxygens (including phenoxy) is 3. The molecule has 1 N–H and O–H groups in total. The van der Waals surface area contributed by atoms with E-state index in [1.54, 1.807) is 13.8 Å². The van der Waals surface area contributed by atoms with Crippen molar-refractivity contribution in [3.8, 4) is 0 Å². The Morgan fingerprint density at radius 2 is 1.97 bits per heavy atom. The van der Waals surface area contributed by atoms with Gasteiger partial charge in [0.2, 0.25) is 10.0 Å². The number of nitrogens with one attached hydrogen (secondary N) is 1. The number of carbonyl (C=O) groups is 2. The van der Waals surface area contributed by atoms with Gasteiger partial charge in [-0.2, -0.15) is 4.31 Å². The van der Waals surface area contributed by atoms with Crippen molar-refractivity contribution in [3.05, 3.63) is 28.8 Å². The van der Waals surface area contributed by atoms with Gasteiger partial charge in [-0.05, 0) is 44.9 Å². The fourth-order valence-electron chi connectivity index (χ4n) is 3.59. The lowest BCUT2D eigenvalue weighted by Crippen LogP contribution is -2.48. The largest absolute Gasteiger partial charge is 0.452 e. The maximum atomic E-state index is 13.1. The van der Waals surface area contributed by atoms with Crippen molar-refractivity contribution in [2.24, 2.45) is 0 Å². The molecule has 2 aliphatic rings. The Morgan fingerprint density at radius 3 is 2.61 bits per heavy atom. The first-order valence-electron chi connectivity index (χ1n) is 10.2. The van der Waals surface area contributed by atoms with E-state index in [2.05, 4.69) is 5.32 Å². The molecule has 1 aromatic rings. The predicted molar refractivity (Wildman–Crippen MR) is 112 cm³/mol. The zero-order chi connectivity index (χ0) is 22.6. The van der Waals surface area contributed by atoms with E-state index in [0.717, 1.165) is 12.8 Å². The molecular formula is C20H27ClN2O7S. The quantitative estimate of drug-likeness (QED) is 0.597. The summed E-state index contributed by atoms with van der Waals surface area (Å²) in [5.41, 5.74) is -0.00995. The van der Waals surface area contributed by atoms with E-state index < -0.39 is 28.5 Å². The lowest BCUT2D eigenvalue weighted by Gasteiger charge is -2.34. The molecule has 0 aliphatic carbocycles. The van der Waals surface area contributed by atoms with Crippen molar-refractivity contribution >= 4 is 33.5 Å². The maximum absolute atomic E-state index is 13.1. The summed E-state index contributed by atoms with van der Waals surface area (Å²) in [4.78, 5) is 24.1. The van der Waals surface area contributed by atoms with E-state index in [-0.39, 0.29) is 46.9 Å². The summed E-state index contributed by atoms with van der Waals surface area (Å²) in [6, 6.07) is 3.86. The second kappa shape index (κ2) is 10.3. The summed E-state index contributed by atoms with van der Waals surface area (Å²) >= 11 is 6.14. The molecule has 2 aliphatic heterocycles. The van der Waals surface area contributed by atoms with Crippen LogP contribution in [-0.2, 0) is 29.0 Å². The number of esters is 1. The van der Waals surface area contributed by atoms with Gasteiger partial charge in [-0.3, -0.25) is 4.79 Å². The van der Waals surface area contributed by atoms with Gasteiger partial charge in [0, 0.05) is 26.2 Å². The van der Waals surface area contributed by atoms with Gasteiger partial charge >= 0.3 is 5.97 Å². The molecule has 3 unspecified atom stereocenters. The minimum Gasteiger partial charge on any atom is -0.452 e. The molecule has 0 saturated carbocycles. The van der Waals surface area contributed by atoms with Crippen LogP contribution in [0.5, 0.6) is 0 Å². The van der Waals surface area contributed by atoms with Crippen LogP contribution in [0, 0.1) is 0 Å². The summed E-state index contributed by atoms with van der Waals surface area (Å²) < 4.78 is 43.5. The Bertz CT molecular complexity index is 908. The van der Waals surface area contributed by atoms with Gasteiger partial charge in [0.05, 0.1) is 28.9 Å². The van der Waals surface area contributed by atoms with Crippen LogP contribution in [0.3, 0.4) is 0 Å². The first-order chi connectivity index (χ1) is 14.7. The molecule has 0 radical (unpaired) electrons. The maximum Gasteiger partial charge on any atom is 0.338 e. The molecule has 2 heterocycles. The molecule has 1 amide bonds. The number of nitrogens with zero attached hydrogens (tertiary/aromatic N) is 1. The van der Waals surface area contributed by atoms with E-state index in [9.17, 15) is 18.0 Å². The number of halogens is 1. The Kier molecular flexibility index (Phi) is 7.92. The molecule has 2 fully saturated rings. The van der Waals surface area contributed by atoms with Crippen LogP contribution in [0.25, 0.3) is 0 Å². The molecule has 9 nitrogen and oxygen atoms in total. The third-order valence-electron chi connectivity index (χ3n) is 5.06. The van der Waals surface area contributed by atoms with Crippen molar-refractivity contribution in [1.29, 1.82) is 0 Å². The molecule has 31 heavy (non-hydrogen) atoms. The van der Waals surface area contributed by atoms with Crippen LogP contribution in [0.4, 0.5) is 0 Å². The highest BCUT2D eigenvalue weighted by Gasteiger charge is 2.34. The molecule has 3 atom stereocenters. The lowest BCUT2D eigenvalue weighted by atomic mass is 10.2. The molecule has 3 rings (SSSR count). The first kappa shape index (κ1) is 23.9. The molecule has 172 valence electrons. The molecule has 1 aromatic carbocycles. The number of amides is 1. The van der Waals surface area contributed by atoms with E-state index in [0.29, 0.717) is 13.2 Å². The average molecular weight is 475 g/mol. The van der Waals surface area contributed by atoms with Gasteiger partial charge in [0.1, 0.15) is 4.90 Å². The van der Waals surface area contributed by atoms with Gasteiger partial charge < -0.3 is 19.5 Å². The van der Waals surface area contributed by atoms with Crippen LogP contribution in [0.15, 0.2) is 23.1 Å². The van der Waals surface area contributed by atoms with Crippen LogP contribution in [0.2, 0.25) is 5.02 Å². The fourth-order valence-corrected chi connectivity index (χ4v) is 5.68. The highest BCUT2D eigenvalue weighted by Crippen LogP contribution is 2.28. The summed E-state index contributed by atoms with van der Waals surface area (Å²) in [7, 11) is -3.94. The standard InChI is InChI=1S/C20H27ClN2O7S/c1-13-10-23(11-14(2)30-13)31(26,27)18-8-15(5-6-17(18)21)20(25)29-12-19(24)22-9-16-4-3-7-28-16/h5-6,8,13-14,16H,3-4,7,9-12H2,1-2H3,(H,22,24). The minimum atomic E-state index is -3.94. The van der Waals surface area contributed by atoms with Gasteiger partial charge in [-0.15, -0.1) is 0 Å². The number of rotatable bonds is 7. The Morgan fingerprint density at radius 1 is 1.26 bits per heavy atom. The van der Waals surface area contributed by atoms with Crippen molar-refractivity contribution in [1.82, 2.24) is 9.62 Å². The van der Waals surface area contributed by atoms with Gasteiger partial charge in [-0.25, -0.2) is 13.2 Å². The van der Waals surface area contributed by atoms with Crippen molar-refractivity contribution in [2.45, 2.75) is 49.9 Å². The lowest BCUT2D eigenvalue weighted by molar-refractivity contribution is -0.124. The van der Waals surface area contributed by atoms with Crippen LogP contribution < -0.4 is 5.32 Å². The van der Waals surface area contributed by atoms with E-state index in [1.807, 2.05) is 0 Å². The summed E-state index contributed by atoms with van der Waals surface area (Å²) in [6.07, 6.45) is 1.29. The third kappa shape index (κ3) is 6.17. The van der Waals surface area contributed by atoms with E-state index in [1.165, 1.54) is 22.5 Å². The number of sulfonamides is 1. The Labute approximate surface area is 187 Å². The second-order valence-corrected chi connectivity index (χ2v) is 10.1. The fraction of sp³-hybridized carbons (Fsp3) is 0.600.